The molecule has 2 fully saturated rings. The molecule has 8 atom stereocenters. The molecule has 2 aromatic carbocycles. The molecule has 2 saturated heterocycles. The highest BCUT2D eigenvalue weighted by Gasteiger charge is 2.53. The molecule has 15 nitrogen and oxygen atoms in total. The number of phenolic OH excluding ortho intramolecular Hbond substituents is 1. The summed E-state index contributed by atoms with van der Waals surface area (Å²) in [6.45, 7) is -1.99. The fraction of sp³-hybridized carbons (Fsp3) is 0.464. The fourth-order valence-corrected chi connectivity index (χ4v) is 4.91. The number of benzene rings is 2. The topological polar surface area (TPSA) is 227 Å². The lowest BCUT2D eigenvalue weighted by Gasteiger charge is -2.42. The van der Waals surface area contributed by atoms with Gasteiger partial charge in [0, 0.05) is 23.8 Å². The molecule has 0 bridgehead atoms. The van der Waals surface area contributed by atoms with E-state index in [4.69, 9.17) is 32.8 Å². The van der Waals surface area contributed by atoms with E-state index >= 15 is 0 Å². The number of rotatable bonds is 9. The highest BCUT2D eigenvalue weighted by atomic mass is 16.8. The van der Waals surface area contributed by atoms with Gasteiger partial charge in [-0.1, -0.05) is 0 Å². The van der Waals surface area contributed by atoms with E-state index in [9.17, 15) is 40.5 Å². The highest BCUT2D eigenvalue weighted by molar-refractivity contribution is 5.86. The molecule has 0 amide bonds. The average molecular weight is 609 g/mol. The molecule has 2 aliphatic heterocycles. The van der Waals surface area contributed by atoms with Gasteiger partial charge in [0.1, 0.15) is 58.2 Å². The minimum absolute atomic E-state index is 0.0232. The first-order valence-electron chi connectivity index (χ1n) is 13.1. The van der Waals surface area contributed by atoms with Crippen LogP contribution in [0.4, 0.5) is 0 Å². The minimum atomic E-state index is -2.02. The van der Waals surface area contributed by atoms with Crippen molar-refractivity contribution in [1.29, 1.82) is 0 Å². The molecule has 7 N–H and O–H groups in total. The van der Waals surface area contributed by atoms with Crippen LogP contribution in [0.3, 0.4) is 0 Å². The van der Waals surface area contributed by atoms with Crippen LogP contribution in [0, 0.1) is 0 Å². The molecule has 0 saturated carbocycles. The summed E-state index contributed by atoms with van der Waals surface area (Å²) in [7, 11) is 2.74. The van der Waals surface area contributed by atoms with Crippen molar-refractivity contribution in [2.75, 3.05) is 34.0 Å². The predicted octanol–water partition coefficient (Wildman–Crippen LogP) is -1.17. The second kappa shape index (κ2) is 12.2. The number of aliphatic hydroxyl groups is 6. The van der Waals surface area contributed by atoms with Crippen LogP contribution in [0.25, 0.3) is 22.3 Å². The van der Waals surface area contributed by atoms with Crippen molar-refractivity contribution in [3.8, 4) is 34.3 Å². The first kappa shape index (κ1) is 30.9. The predicted molar refractivity (Wildman–Crippen MR) is 144 cm³/mol. The molecule has 0 aliphatic carbocycles. The van der Waals surface area contributed by atoms with Crippen molar-refractivity contribution in [1.82, 2.24) is 0 Å². The van der Waals surface area contributed by atoms with Crippen molar-refractivity contribution < 1.29 is 68.6 Å². The summed E-state index contributed by atoms with van der Waals surface area (Å²) in [5.74, 6) is 0.273. The van der Waals surface area contributed by atoms with Gasteiger partial charge in [0.25, 0.3) is 0 Å². The van der Waals surface area contributed by atoms with Crippen LogP contribution in [-0.2, 0) is 14.2 Å². The third-order valence-electron chi connectivity index (χ3n) is 7.41. The summed E-state index contributed by atoms with van der Waals surface area (Å²) in [5.41, 5.74) is -2.05. The quantitative estimate of drug-likeness (QED) is 0.152. The standard InChI is InChI=1S/C28H32O15/c1-37-13-6-14(31)21-15(32)8-17(40-19(21)7-13)12-3-4-16(18(5-12)38-2)41-26-24(23(34)22(33)20(9-29)42-26)43-27-25(35)28(36,10-30)11-39-27/h3-8,20,22-27,29-31,33-36H,9-11H2,1-2H3. The maximum atomic E-state index is 12.8. The smallest absolute Gasteiger partial charge is 0.229 e. The average Bonchev–Trinajstić information content (AvgIpc) is 3.29. The first-order chi connectivity index (χ1) is 20.5. The maximum absolute atomic E-state index is 12.8. The van der Waals surface area contributed by atoms with Crippen LogP contribution in [-0.4, -0.2) is 118 Å². The van der Waals surface area contributed by atoms with Crippen LogP contribution in [0.1, 0.15) is 0 Å². The van der Waals surface area contributed by atoms with Gasteiger partial charge in [-0.25, -0.2) is 0 Å². The third-order valence-corrected chi connectivity index (χ3v) is 7.41. The molecule has 0 radical (unpaired) electrons. The number of aromatic hydroxyl groups is 1. The lowest BCUT2D eigenvalue weighted by atomic mass is 9.98. The largest absolute Gasteiger partial charge is 0.507 e. The molecule has 1 aromatic heterocycles. The molecular formula is C28H32O15. The van der Waals surface area contributed by atoms with Gasteiger partial charge in [0.05, 0.1) is 34.0 Å². The zero-order chi connectivity index (χ0) is 31.1. The Morgan fingerprint density at radius 2 is 1.74 bits per heavy atom. The SMILES string of the molecule is COc1cc(O)c2c(=O)cc(-c3ccc(OC4OC(CO)C(O)C(O)C4OC4OCC(O)(CO)C4O)c(OC)c3)oc2c1. The van der Waals surface area contributed by atoms with Crippen molar-refractivity contribution >= 4 is 11.0 Å². The van der Waals surface area contributed by atoms with Crippen LogP contribution < -0.4 is 19.6 Å². The Bertz CT molecular complexity index is 1510. The second-order valence-electron chi connectivity index (χ2n) is 10.2. The maximum Gasteiger partial charge on any atom is 0.229 e. The van der Waals surface area contributed by atoms with E-state index in [0.717, 1.165) is 0 Å². The number of methoxy groups -OCH3 is 2. The van der Waals surface area contributed by atoms with E-state index in [2.05, 4.69) is 0 Å². The summed E-state index contributed by atoms with van der Waals surface area (Å²) < 4.78 is 39.0. The zero-order valence-electron chi connectivity index (χ0n) is 23.0. The van der Waals surface area contributed by atoms with E-state index in [1.165, 1.54) is 50.6 Å². The van der Waals surface area contributed by atoms with Crippen LogP contribution >= 0.6 is 0 Å². The Morgan fingerprint density at radius 3 is 2.40 bits per heavy atom. The van der Waals surface area contributed by atoms with E-state index in [0.29, 0.717) is 5.56 Å². The highest BCUT2D eigenvalue weighted by Crippen LogP contribution is 2.38. The molecule has 8 unspecified atom stereocenters. The van der Waals surface area contributed by atoms with E-state index < -0.39 is 74.0 Å². The van der Waals surface area contributed by atoms with Crippen molar-refractivity contribution in [3.63, 3.8) is 0 Å². The Kier molecular flexibility index (Phi) is 8.80. The molecule has 3 aromatic rings. The number of ether oxygens (including phenoxy) is 6. The number of hydrogen-bond donors (Lipinski definition) is 7. The van der Waals surface area contributed by atoms with Crippen LogP contribution in [0.15, 0.2) is 45.6 Å². The van der Waals surface area contributed by atoms with Gasteiger partial charge in [-0.2, -0.15) is 0 Å². The normalized spacial score (nSPS) is 30.8. The summed E-state index contributed by atoms with van der Waals surface area (Å²) in [6, 6.07) is 8.40. The zero-order valence-corrected chi connectivity index (χ0v) is 23.0. The Morgan fingerprint density at radius 1 is 0.977 bits per heavy atom. The number of aliphatic hydroxyl groups excluding tert-OH is 5. The number of phenols is 1. The lowest BCUT2D eigenvalue weighted by Crippen LogP contribution is -2.62. The molecule has 43 heavy (non-hydrogen) atoms. The minimum Gasteiger partial charge on any atom is -0.507 e. The van der Waals surface area contributed by atoms with Gasteiger partial charge in [-0.3, -0.25) is 4.79 Å². The van der Waals surface area contributed by atoms with Crippen LogP contribution in [0.2, 0.25) is 0 Å². The summed E-state index contributed by atoms with van der Waals surface area (Å²) in [4.78, 5) is 12.8. The second-order valence-corrected chi connectivity index (χ2v) is 10.2. The van der Waals surface area contributed by atoms with E-state index in [1.54, 1.807) is 0 Å². The van der Waals surface area contributed by atoms with Gasteiger partial charge >= 0.3 is 0 Å². The van der Waals surface area contributed by atoms with Crippen molar-refractivity contribution in [2.45, 2.75) is 48.7 Å². The Hall–Kier alpha value is -3.51. The molecule has 3 heterocycles. The summed E-state index contributed by atoms with van der Waals surface area (Å²) >= 11 is 0. The molecule has 234 valence electrons. The first-order valence-corrected chi connectivity index (χ1v) is 13.1. The van der Waals surface area contributed by atoms with E-state index in [-0.39, 0.29) is 39.7 Å². The monoisotopic (exact) mass is 608 g/mol. The van der Waals surface area contributed by atoms with Crippen molar-refractivity contribution in [2.24, 2.45) is 0 Å². The molecule has 0 spiro atoms. The van der Waals surface area contributed by atoms with Gasteiger partial charge in [0.2, 0.25) is 6.29 Å². The van der Waals surface area contributed by atoms with Gasteiger partial charge < -0.3 is 68.6 Å². The number of hydrogen-bond acceptors (Lipinski definition) is 15. The van der Waals surface area contributed by atoms with Crippen LogP contribution in [0.5, 0.6) is 23.0 Å². The molecule has 5 rings (SSSR count). The fourth-order valence-electron chi connectivity index (χ4n) is 4.91. The third kappa shape index (κ3) is 5.74. The molecule has 2 aliphatic rings. The van der Waals surface area contributed by atoms with Gasteiger partial charge in [0.15, 0.2) is 29.3 Å². The molecule has 15 heteroatoms. The van der Waals surface area contributed by atoms with Gasteiger partial charge in [-0.05, 0) is 18.2 Å². The Labute approximate surface area is 243 Å². The molecular weight excluding hydrogens is 576 g/mol. The lowest BCUT2D eigenvalue weighted by molar-refractivity contribution is -0.319. The summed E-state index contributed by atoms with van der Waals surface area (Å²) in [5, 5.41) is 71.3. The van der Waals surface area contributed by atoms with E-state index in [1.807, 2.05) is 0 Å². The van der Waals surface area contributed by atoms with Crippen molar-refractivity contribution in [3.05, 3.63) is 46.6 Å². The Balaban J connectivity index is 1.45. The summed E-state index contributed by atoms with van der Waals surface area (Å²) in [6.07, 6.45) is -10.9. The number of fused-ring (bicyclic) bond motifs is 1. The van der Waals surface area contributed by atoms with Gasteiger partial charge in [-0.15, -0.1) is 0 Å².